The van der Waals surface area contributed by atoms with Gasteiger partial charge < -0.3 is 14.5 Å². The molecule has 1 atom stereocenters. The quantitative estimate of drug-likeness (QED) is 0.603. The molecule has 0 radical (unpaired) electrons. The Morgan fingerprint density at radius 1 is 1.06 bits per heavy atom. The second-order valence-corrected chi connectivity index (χ2v) is 9.65. The lowest BCUT2D eigenvalue weighted by Gasteiger charge is -2.36. The van der Waals surface area contributed by atoms with Gasteiger partial charge in [-0.05, 0) is 75.4 Å². The Morgan fingerprint density at radius 2 is 1.85 bits per heavy atom. The minimum Gasteiger partial charge on any atom is -0.491 e. The number of aromatic nitrogens is 1. The van der Waals surface area contributed by atoms with Crippen LogP contribution in [0.15, 0.2) is 48.7 Å². The molecule has 178 valence electrons. The van der Waals surface area contributed by atoms with Gasteiger partial charge in [0.2, 0.25) is 5.91 Å². The topological polar surface area (TPSA) is 48.9 Å². The van der Waals surface area contributed by atoms with Gasteiger partial charge in [-0.15, -0.1) is 0 Å². The summed E-state index contributed by atoms with van der Waals surface area (Å²) >= 11 is 0. The molecule has 0 bridgehead atoms. The Hall–Kier alpha value is -2.60. The molecule has 0 saturated carbocycles. The van der Waals surface area contributed by atoms with Crippen molar-refractivity contribution in [2.45, 2.75) is 52.2 Å². The molecule has 2 saturated heterocycles. The Kier molecular flexibility index (Phi) is 8.21. The maximum atomic E-state index is 12.8. The molecule has 2 aliphatic rings. The molecule has 33 heavy (non-hydrogen) atoms. The maximum Gasteiger partial charge on any atom is 0.222 e. The Labute approximate surface area is 198 Å². The van der Waals surface area contributed by atoms with Crippen LogP contribution in [0, 0.1) is 5.92 Å². The number of hydrogen-bond donors (Lipinski definition) is 0. The third kappa shape index (κ3) is 6.94. The first-order valence-electron chi connectivity index (χ1n) is 12.5. The van der Waals surface area contributed by atoms with Crippen LogP contribution in [0.25, 0.3) is 0 Å². The fraction of sp³-hybridized carbons (Fsp3) is 0.556. The van der Waals surface area contributed by atoms with Gasteiger partial charge in [0.25, 0.3) is 0 Å². The van der Waals surface area contributed by atoms with Crippen LogP contribution < -0.4 is 9.64 Å². The largest absolute Gasteiger partial charge is 0.491 e. The van der Waals surface area contributed by atoms with Crippen molar-refractivity contribution in [3.05, 3.63) is 54.2 Å². The predicted octanol–water partition coefficient (Wildman–Crippen LogP) is 4.21. The van der Waals surface area contributed by atoms with Gasteiger partial charge in [0.05, 0.1) is 6.10 Å². The molecular weight excluding hydrogens is 412 g/mol. The monoisotopic (exact) mass is 450 g/mol. The highest BCUT2D eigenvalue weighted by atomic mass is 16.5. The minimum atomic E-state index is 0.200. The number of piperidine rings is 1. The molecular formula is C27H38N4O2. The molecule has 1 aromatic heterocycles. The number of nitrogens with zero attached hydrogens (tertiary/aromatic N) is 4. The predicted molar refractivity (Wildman–Crippen MR) is 132 cm³/mol. The highest BCUT2D eigenvalue weighted by molar-refractivity contribution is 5.76. The van der Waals surface area contributed by atoms with Crippen molar-refractivity contribution in [1.29, 1.82) is 0 Å². The summed E-state index contributed by atoms with van der Waals surface area (Å²) in [7, 11) is 0. The van der Waals surface area contributed by atoms with Crippen molar-refractivity contribution in [2.24, 2.45) is 5.92 Å². The van der Waals surface area contributed by atoms with Crippen LogP contribution in [0.1, 0.15) is 45.1 Å². The average molecular weight is 451 g/mol. The molecule has 0 N–H and O–H groups in total. The summed E-state index contributed by atoms with van der Waals surface area (Å²) < 4.78 is 5.75. The number of likely N-dealkylation sites (tertiary alicyclic amines) is 1. The second-order valence-electron chi connectivity index (χ2n) is 9.65. The number of rotatable bonds is 8. The standard InChI is InChI=1S/C27H38N4O2/c1-22(2)33-25-11-8-24(9-12-25)21-29-15-5-6-23(20-29)10-13-27(32)31-18-16-30(17-19-31)26-7-3-4-14-28-26/h3-4,7-9,11-12,14,22-23H,5-6,10,13,15-21H2,1-2H3/t23-/m1/s1. The van der Waals surface area contributed by atoms with Gasteiger partial charge in [-0.25, -0.2) is 4.98 Å². The van der Waals surface area contributed by atoms with Crippen LogP contribution in [0.2, 0.25) is 0 Å². The fourth-order valence-electron chi connectivity index (χ4n) is 4.95. The van der Waals surface area contributed by atoms with Gasteiger partial charge in [-0.1, -0.05) is 18.2 Å². The van der Waals surface area contributed by atoms with Crippen molar-refractivity contribution in [1.82, 2.24) is 14.8 Å². The van der Waals surface area contributed by atoms with Crippen LogP contribution in [-0.2, 0) is 11.3 Å². The summed E-state index contributed by atoms with van der Waals surface area (Å²) in [4.78, 5) is 24.1. The van der Waals surface area contributed by atoms with Gasteiger partial charge in [0, 0.05) is 51.9 Å². The smallest absolute Gasteiger partial charge is 0.222 e. The first kappa shape index (κ1) is 23.6. The summed E-state index contributed by atoms with van der Waals surface area (Å²) in [5, 5.41) is 0. The van der Waals surface area contributed by atoms with E-state index in [9.17, 15) is 4.79 Å². The van der Waals surface area contributed by atoms with Gasteiger partial charge >= 0.3 is 0 Å². The number of piperazine rings is 1. The van der Waals surface area contributed by atoms with E-state index in [1.807, 2.05) is 29.3 Å². The van der Waals surface area contributed by atoms with Crippen LogP contribution in [-0.4, -0.2) is 66.1 Å². The van der Waals surface area contributed by atoms with E-state index in [1.165, 1.54) is 18.4 Å². The second kappa shape index (κ2) is 11.5. The van der Waals surface area contributed by atoms with Crippen molar-refractivity contribution in [3.8, 4) is 5.75 Å². The fourth-order valence-corrected chi connectivity index (χ4v) is 4.95. The Bertz CT molecular complexity index is 863. The van der Waals surface area contributed by atoms with E-state index in [0.29, 0.717) is 18.2 Å². The number of carbonyl (C=O) groups excluding carboxylic acids is 1. The number of anilines is 1. The lowest BCUT2D eigenvalue weighted by Crippen LogP contribution is -2.49. The van der Waals surface area contributed by atoms with E-state index in [4.69, 9.17) is 4.74 Å². The first-order valence-corrected chi connectivity index (χ1v) is 12.5. The summed E-state index contributed by atoms with van der Waals surface area (Å²) in [6, 6.07) is 14.5. The zero-order valence-corrected chi connectivity index (χ0v) is 20.2. The molecule has 1 aromatic carbocycles. The highest BCUT2D eigenvalue weighted by Crippen LogP contribution is 2.24. The SMILES string of the molecule is CC(C)Oc1ccc(CN2CCC[C@H](CCC(=O)N3CCN(c4ccccn4)CC3)C2)cc1. The van der Waals surface area contributed by atoms with Gasteiger partial charge in [0.1, 0.15) is 11.6 Å². The van der Waals surface area contributed by atoms with Crippen LogP contribution >= 0.6 is 0 Å². The van der Waals surface area contributed by atoms with Gasteiger partial charge in [0.15, 0.2) is 0 Å². The molecule has 4 rings (SSSR count). The number of carbonyl (C=O) groups is 1. The van der Waals surface area contributed by atoms with E-state index < -0.39 is 0 Å². The maximum absolute atomic E-state index is 12.8. The van der Waals surface area contributed by atoms with Gasteiger partial charge in [-0.3, -0.25) is 9.69 Å². The number of pyridine rings is 1. The van der Waals surface area contributed by atoms with E-state index in [2.05, 4.69) is 52.9 Å². The molecule has 0 aliphatic carbocycles. The third-order valence-corrected chi connectivity index (χ3v) is 6.68. The normalized spacial score (nSPS) is 19.7. The summed E-state index contributed by atoms with van der Waals surface area (Å²) in [6.45, 7) is 10.6. The number of amides is 1. The lowest BCUT2D eigenvalue weighted by atomic mass is 9.92. The van der Waals surface area contributed by atoms with Gasteiger partial charge in [-0.2, -0.15) is 0 Å². The molecule has 2 fully saturated rings. The molecule has 0 spiro atoms. The van der Waals surface area contributed by atoms with Crippen molar-refractivity contribution < 1.29 is 9.53 Å². The average Bonchev–Trinajstić information content (AvgIpc) is 2.84. The summed E-state index contributed by atoms with van der Waals surface area (Å²) in [5.74, 6) is 2.87. The molecule has 2 aromatic rings. The molecule has 2 aliphatic heterocycles. The Balaban J connectivity index is 1.18. The van der Waals surface area contributed by atoms with Crippen LogP contribution in [0.4, 0.5) is 5.82 Å². The summed E-state index contributed by atoms with van der Waals surface area (Å²) in [6.07, 6.45) is 6.15. The number of benzene rings is 1. The van der Waals surface area contributed by atoms with Crippen LogP contribution in [0.5, 0.6) is 5.75 Å². The first-order chi connectivity index (χ1) is 16.1. The zero-order chi connectivity index (χ0) is 23.0. The number of ether oxygens (including phenoxy) is 1. The lowest BCUT2D eigenvalue weighted by molar-refractivity contribution is -0.131. The minimum absolute atomic E-state index is 0.200. The molecule has 6 heteroatoms. The van der Waals surface area contributed by atoms with Crippen LogP contribution in [0.3, 0.4) is 0 Å². The molecule has 6 nitrogen and oxygen atoms in total. The summed E-state index contributed by atoms with van der Waals surface area (Å²) in [5.41, 5.74) is 1.33. The van der Waals surface area contributed by atoms with Crippen molar-refractivity contribution in [3.63, 3.8) is 0 Å². The molecule has 3 heterocycles. The van der Waals surface area contributed by atoms with E-state index >= 15 is 0 Å². The van der Waals surface area contributed by atoms with Crippen molar-refractivity contribution >= 4 is 11.7 Å². The van der Waals surface area contributed by atoms with E-state index in [-0.39, 0.29) is 6.10 Å². The third-order valence-electron chi connectivity index (χ3n) is 6.68. The van der Waals surface area contributed by atoms with E-state index in [0.717, 1.165) is 63.8 Å². The molecule has 0 unspecified atom stereocenters. The van der Waals surface area contributed by atoms with Crippen molar-refractivity contribution in [2.75, 3.05) is 44.2 Å². The van der Waals surface area contributed by atoms with E-state index in [1.54, 1.807) is 0 Å². The highest BCUT2D eigenvalue weighted by Gasteiger charge is 2.24. The zero-order valence-electron chi connectivity index (χ0n) is 20.2. The molecule has 1 amide bonds. The Morgan fingerprint density at radius 3 is 2.55 bits per heavy atom. The number of hydrogen-bond acceptors (Lipinski definition) is 5.